The number of hydrogen-bond acceptors (Lipinski definition) is 6. The van der Waals surface area contributed by atoms with Gasteiger partial charge in [-0.2, -0.15) is 4.98 Å². The molecule has 1 fully saturated rings. The van der Waals surface area contributed by atoms with Crippen LogP contribution in [0.4, 0.5) is 0 Å². The van der Waals surface area contributed by atoms with Crippen molar-refractivity contribution in [1.82, 2.24) is 19.9 Å². The quantitative estimate of drug-likeness (QED) is 0.580. The summed E-state index contributed by atoms with van der Waals surface area (Å²) in [6.07, 6.45) is -0.555. The van der Waals surface area contributed by atoms with E-state index in [9.17, 15) is 4.79 Å². The lowest BCUT2D eigenvalue weighted by Gasteiger charge is -2.35. The molecule has 8 heteroatoms. The van der Waals surface area contributed by atoms with E-state index in [0.29, 0.717) is 42.1 Å². The van der Waals surface area contributed by atoms with Crippen molar-refractivity contribution in [3.05, 3.63) is 65.0 Å². The minimum absolute atomic E-state index is 0.0194. The van der Waals surface area contributed by atoms with Gasteiger partial charge >= 0.3 is 0 Å². The van der Waals surface area contributed by atoms with Crippen LogP contribution in [0, 0.1) is 6.92 Å². The topological polar surface area (TPSA) is 71.7 Å². The van der Waals surface area contributed by atoms with Gasteiger partial charge in [-0.25, -0.2) is 0 Å². The van der Waals surface area contributed by atoms with E-state index in [1.54, 1.807) is 31.2 Å². The van der Waals surface area contributed by atoms with E-state index in [-0.39, 0.29) is 5.91 Å². The number of nitrogens with zero attached hydrogens (tertiary/aromatic N) is 4. The van der Waals surface area contributed by atoms with E-state index in [1.165, 1.54) is 5.56 Å². The highest BCUT2D eigenvalue weighted by Gasteiger charge is 2.27. The van der Waals surface area contributed by atoms with Gasteiger partial charge in [0.1, 0.15) is 5.75 Å². The SMILES string of the molecule is Cc1ccc(-c2noc(CN3CCN(C(=O)[C@@H](C)Oc4ccc(Cl)cc4)CC3)n2)cc1. The highest BCUT2D eigenvalue weighted by molar-refractivity contribution is 6.30. The molecule has 0 radical (unpaired) electrons. The van der Waals surface area contributed by atoms with Crippen LogP contribution in [0.1, 0.15) is 18.4 Å². The van der Waals surface area contributed by atoms with E-state index in [0.717, 1.165) is 18.7 Å². The van der Waals surface area contributed by atoms with E-state index in [2.05, 4.69) is 15.0 Å². The molecule has 0 bridgehead atoms. The maximum atomic E-state index is 12.7. The van der Waals surface area contributed by atoms with Crippen molar-refractivity contribution in [2.45, 2.75) is 26.5 Å². The third-order valence-corrected chi connectivity index (χ3v) is 5.55. The van der Waals surface area contributed by atoms with Crippen LogP contribution in [-0.2, 0) is 11.3 Å². The van der Waals surface area contributed by atoms with Crippen LogP contribution in [0.15, 0.2) is 53.1 Å². The predicted octanol–water partition coefficient (Wildman–Crippen LogP) is 3.81. The minimum Gasteiger partial charge on any atom is -0.481 e. The van der Waals surface area contributed by atoms with Crippen LogP contribution in [-0.4, -0.2) is 58.1 Å². The molecule has 2 aromatic carbocycles. The summed E-state index contributed by atoms with van der Waals surface area (Å²) in [6.45, 7) is 7.12. The van der Waals surface area contributed by atoms with E-state index >= 15 is 0 Å². The Balaban J connectivity index is 1.27. The number of carbonyl (C=O) groups excluding carboxylic acids is 1. The van der Waals surface area contributed by atoms with Crippen molar-refractivity contribution in [1.29, 1.82) is 0 Å². The number of halogens is 1. The fraction of sp³-hybridized carbons (Fsp3) is 0.348. The van der Waals surface area contributed by atoms with Crippen molar-refractivity contribution in [2.75, 3.05) is 26.2 Å². The Hall–Kier alpha value is -2.90. The number of rotatable bonds is 6. The summed E-state index contributed by atoms with van der Waals surface area (Å²) in [4.78, 5) is 21.3. The molecule has 0 N–H and O–H groups in total. The van der Waals surface area contributed by atoms with Crippen molar-refractivity contribution < 1.29 is 14.1 Å². The molecule has 1 atom stereocenters. The normalized spacial score (nSPS) is 15.6. The summed E-state index contributed by atoms with van der Waals surface area (Å²) in [5, 5.41) is 4.73. The second-order valence-electron chi connectivity index (χ2n) is 7.69. The molecule has 1 saturated heterocycles. The predicted molar refractivity (Wildman–Crippen MR) is 118 cm³/mol. The first-order valence-electron chi connectivity index (χ1n) is 10.3. The van der Waals surface area contributed by atoms with Crippen LogP contribution in [0.5, 0.6) is 5.75 Å². The zero-order valence-corrected chi connectivity index (χ0v) is 18.4. The monoisotopic (exact) mass is 440 g/mol. The number of aryl methyl sites for hydroxylation is 1. The molecule has 162 valence electrons. The van der Waals surface area contributed by atoms with E-state index in [1.807, 2.05) is 36.1 Å². The first-order chi connectivity index (χ1) is 15.0. The lowest BCUT2D eigenvalue weighted by Crippen LogP contribution is -2.51. The van der Waals surface area contributed by atoms with Gasteiger partial charge in [0.25, 0.3) is 5.91 Å². The Morgan fingerprint density at radius 2 is 1.77 bits per heavy atom. The van der Waals surface area contributed by atoms with Gasteiger partial charge in [-0.3, -0.25) is 9.69 Å². The Morgan fingerprint density at radius 3 is 2.45 bits per heavy atom. The van der Waals surface area contributed by atoms with E-state index in [4.69, 9.17) is 20.9 Å². The van der Waals surface area contributed by atoms with Crippen LogP contribution in [0.3, 0.4) is 0 Å². The maximum Gasteiger partial charge on any atom is 0.263 e. The fourth-order valence-electron chi connectivity index (χ4n) is 3.48. The summed E-state index contributed by atoms with van der Waals surface area (Å²) < 4.78 is 11.2. The van der Waals surface area contributed by atoms with Crippen molar-refractivity contribution in [2.24, 2.45) is 0 Å². The van der Waals surface area contributed by atoms with Gasteiger partial charge in [0.15, 0.2) is 6.10 Å². The second kappa shape index (κ2) is 9.49. The Labute approximate surface area is 186 Å². The average molecular weight is 441 g/mol. The molecule has 7 nitrogen and oxygen atoms in total. The third-order valence-electron chi connectivity index (χ3n) is 5.29. The van der Waals surface area contributed by atoms with Gasteiger partial charge in [0.05, 0.1) is 6.54 Å². The van der Waals surface area contributed by atoms with Gasteiger partial charge in [0, 0.05) is 36.8 Å². The third kappa shape index (κ3) is 5.42. The lowest BCUT2D eigenvalue weighted by molar-refractivity contribution is -0.139. The molecule has 0 spiro atoms. The first kappa shape index (κ1) is 21.3. The van der Waals surface area contributed by atoms with Gasteiger partial charge in [-0.05, 0) is 38.1 Å². The number of hydrogen-bond donors (Lipinski definition) is 0. The molecule has 0 saturated carbocycles. The average Bonchev–Trinajstić information content (AvgIpc) is 3.24. The van der Waals surface area contributed by atoms with Crippen molar-refractivity contribution >= 4 is 17.5 Å². The summed E-state index contributed by atoms with van der Waals surface area (Å²) in [5.41, 5.74) is 2.12. The van der Waals surface area contributed by atoms with Gasteiger partial charge in [-0.1, -0.05) is 46.6 Å². The molecule has 1 amide bonds. The number of aromatic nitrogens is 2. The van der Waals surface area contributed by atoms with Gasteiger partial charge in [0.2, 0.25) is 11.7 Å². The second-order valence-corrected chi connectivity index (χ2v) is 8.13. The summed E-state index contributed by atoms with van der Waals surface area (Å²) in [7, 11) is 0. The smallest absolute Gasteiger partial charge is 0.263 e. The highest BCUT2D eigenvalue weighted by Crippen LogP contribution is 2.19. The molecule has 4 rings (SSSR count). The maximum absolute atomic E-state index is 12.7. The van der Waals surface area contributed by atoms with Crippen LogP contribution < -0.4 is 4.74 Å². The van der Waals surface area contributed by atoms with Crippen molar-refractivity contribution in [3.63, 3.8) is 0 Å². The van der Waals surface area contributed by atoms with Crippen molar-refractivity contribution in [3.8, 4) is 17.1 Å². The Bertz CT molecular complexity index is 1010. The Kier molecular flexibility index (Phi) is 6.53. The molecular weight excluding hydrogens is 416 g/mol. The largest absolute Gasteiger partial charge is 0.481 e. The molecule has 1 aromatic heterocycles. The first-order valence-corrected chi connectivity index (χ1v) is 10.7. The number of benzene rings is 2. The summed E-state index contributed by atoms with van der Waals surface area (Å²) in [6, 6.07) is 15.0. The Morgan fingerprint density at radius 1 is 1.10 bits per heavy atom. The standard InChI is InChI=1S/C23H25ClN4O3/c1-16-3-5-18(6-4-16)22-25-21(31-26-22)15-27-11-13-28(14-12-27)23(29)17(2)30-20-9-7-19(24)8-10-20/h3-10,17H,11-15H2,1-2H3/t17-/m1/s1. The number of piperazine rings is 1. The molecular formula is C23H25ClN4O3. The summed E-state index contributed by atoms with van der Waals surface area (Å²) in [5.74, 6) is 1.78. The number of carbonyl (C=O) groups is 1. The molecule has 1 aliphatic rings. The highest BCUT2D eigenvalue weighted by atomic mass is 35.5. The molecule has 1 aliphatic heterocycles. The molecule has 3 aromatic rings. The zero-order chi connectivity index (χ0) is 21.8. The summed E-state index contributed by atoms with van der Waals surface area (Å²) >= 11 is 5.89. The van der Waals surface area contributed by atoms with Crippen LogP contribution in [0.2, 0.25) is 5.02 Å². The minimum atomic E-state index is -0.555. The van der Waals surface area contributed by atoms with E-state index < -0.39 is 6.10 Å². The van der Waals surface area contributed by atoms with Gasteiger partial charge in [-0.15, -0.1) is 0 Å². The van der Waals surface area contributed by atoms with Crippen LogP contribution in [0.25, 0.3) is 11.4 Å². The molecule has 0 unspecified atom stereocenters. The number of amides is 1. The molecule has 2 heterocycles. The lowest BCUT2D eigenvalue weighted by atomic mass is 10.1. The van der Waals surface area contributed by atoms with Gasteiger partial charge < -0.3 is 14.2 Å². The fourth-order valence-corrected chi connectivity index (χ4v) is 3.61. The zero-order valence-electron chi connectivity index (χ0n) is 17.6. The van der Waals surface area contributed by atoms with Crippen LogP contribution >= 0.6 is 11.6 Å². The molecule has 0 aliphatic carbocycles. The molecule has 31 heavy (non-hydrogen) atoms. The number of ether oxygens (including phenoxy) is 1.